The van der Waals surface area contributed by atoms with Gasteiger partial charge in [0.05, 0.1) is 23.0 Å². The lowest BCUT2D eigenvalue weighted by Gasteiger charge is -2.45. The van der Waals surface area contributed by atoms with E-state index in [1.54, 1.807) is 6.92 Å². The number of aliphatic hydroxyl groups is 2. The van der Waals surface area contributed by atoms with E-state index in [4.69, 9.17) is 14.2 Å². The standard InChI is InChI=1S/C21H28O7/c1-11-8-19-9-20(11,25)6-4-12(19)21-7-5-13(22)18(2,17(24)28-21)15(21)14(19)16(23)27-10-26-3/h12-15,22,25H,1,4-10H2,2-3H3/t12-,13-,14-,15-,18-,19+,20+,21-/m1/s1. The van der Waals surface area contributed by atoms with E-state index in [1.807, 2.05) is 0 Å². The molecule has 2 N–H and O–H groups in total. The van der Waals surface area contributed by atoms with Gasteiger partial charge in [0.15, 0.2) is 6.79 Å². The molecule has 0 aromatic heterocycles. The highest BCUT2D eigenvalue weighted by Crippen LogP contribution is 2.78. The van der Waals surface area contributed by atoms with Gasteiger partial charge in [0.1, 0.15) is 5.60 Å². The van der Waals surface area contributed by atoms with Crippen molar-refractivity contribution in [3.63, 3.8) is 0 Å². The van der Waals surface area contributed by atoms with Crippen LogP contribution < -0.4 is 0 Å². The van der Waals surface area contributed by atoms with Crippen molar-refractivity contribution >= 4 is 11.9 Å². The van der Waals surface area contributed by atoms with Gasteiger partial charge in [-0.2, -0.15) is 0 Å². The van der Waals surface area contributed by atoms with Crippen LogP contribution in [0.2, 0.25) is 0 Å². The average molecular weight is 392 g/mol. The third kappa shape index (κ3) is 1.82. The van der Waals surface area contributed by atoms with Crippen LogP contribution in [-0.2, 0) is 23.8 Å². The van der Waals surface area contributed by atoms with Crippen LogP contribution in [0.4, 0.5) is 0 Å². The van der Waals surface area contributed by atoms with E-state index >= 15 is 0 Å². The molecule has 28 heavy (non-hydrogen) atoms. The van der Waals surface area contributed by atoms with Crippen molar-refractivity contribution in [2.24, 2.45) is 28.6 Å². The molecule has 0 radical (unpaired) electrons. The van der Waals surface area contributed by atoms with Crippen LogP contribution in [0.15, 0.2) is 12.2 Å². The fourth-order valence-corrected chi connectivity index (χ4v) is 7.84. The van der Waals surface area contributed by atoms with Gasteiger partial charge in [-0.15, -0.1) is 0 Å². The molecular formula is C21H28O7. The van der Waals surface area contributed by atoms with Crippen molar-refractivity contribution in [3.05, 3.63) is 12.2 Å². The Morgan fingerprint density at radius 2 is 2.11 bits per heavy atom. The fraction of sp³-hybridized carbons (Fsp3) is 0.810. The third-order valence-corrected chi connectivity index (χ3v) is 8.87. The smallest absolute Gasteiger partial charge is 0.315 e. The van der Waals surface area contributed by atoms with E-state index in [0.717, 1.165) is 5.57 Å². The minimum Gasteiger partial charge on any atom is -0.458 e. The monoisotopic (exact) mass is 392 g/mol. The number of esters is 2. The Morgan fingerprint density at radius 3 is 2.82 bits per heavy atom. The number of hydrogen-bond donors (Lipinski definition) is 2. The van der Waals surface area contributed by atoms with Crippen LogP contribution in [0.5, 0.6) is 0 Å². The van der Waals surface area contributed by atoms with Crippen LogP contribution in [-0.4, -0.2) is 53.4 Å². The quantitative estimate of drug-likeness (QED) is 0.424. The molecule has 1 aliphatic heterocycles. The molecule has 4 bridgehead atoms. The topological polar surface area (TPSA) is 102 Å². The predicted octanol–water partition coefficient (Wildman–Crippen LogP) is 1.31. The molecule has 5 aliphatic rings. The van der Waals surface area contributed by atoms with Gasteiger partial charge in [0, 0.05) is 18.9 Å². The Labute approximate surface area is 164 Å². The summed E-state index contributed by atoms with van der Waals surface area (Å²) in [4.78, 5) is 26.3. The summed E-state index contributed by atoms with van der Waals surface area (Å²) in [6, 6.07) is 0. The number of carbonyl (C=O) groups is 2. The number of hydrogen-bond acceptors (Lipinski definition) is 7. The molecule has 0 unspecified atom stereocenters. The largest absolute Gasteiger partial charge is 0.458 e. The first-order valence-electron chi connectivity index (χ1n) is 10.1. The van der Waals surface area contributed by atoms with Gasteiger partial charge in [-0.1, -0.05) is 6.58 Å². The molecule has 0 aromatic carbocycles. The number of fused-ring (bicyclic) bond motifs is 1. The highest BCUT2D eigenvalue weighted by atomic mass is 16.7. The van der Waals surface area contributed by atoms with Crippen molar-refractivity contribution in [2.45, 2.75) is 62.8 Å². The van der Waals surface area contributed by atoms with Crippen LogP contribution in [0.1, 0.15) is 45.4 Å². The van der Waals surface area contributed by atoms with Gasteiger partial charge in [-0.25, -0.2) is 0 Å². The first-order valence-corrected chi connectivity index (χ1v) is 10.1. The molecule has 0 aromatic rings. The molecule has 8 atom stereocenters. The van der Waals surface area contributed by atoms with Crippen LogP contribution >= 0.6 is 0 Å². The maximum Gasteiger partial charge on any atom is 0.315 e. The molecule has 5 fully saturated rings. The Hall–Kier alpha value is -1.44. The molecule has 4 saturated carbocycles. The number of methoxy groups -OCH3 is 1. The highest BCUT2D eigenvalue weighted by Gasteiger charge is 2.84. The molecule has 1 spiro atoms. The van der Waals surface area contributed by atoms with Gasteiger partial charge < -0.3 is 24.4 Å². The molecule has 4 aliphatic carbocycles. The second-order valence-electron chi connectivity index (χ2n) is 9.82. The van der Waals surface area contributed by atoms with E-state index in [9.17, 15) is 19.8 Å². The van der Waals surface area contributed by atoms with E-state index in [2.05, 4.69) is 6.58 Å². The van der Waals surface area contributed by atoms with Crippen LogP contribution in [0.25, 0.3) is 0 Å². The summed E-state index contributed by atoms with van der Waals surface area (Å²) in [5.74, 6) is -2.03. The minimum absolute atomic E-state index is 0.0529. The van der Waals surface area contributed by atoms with E-state index in [-0.39, 0.29) is 12.7 Å². The zero-order valence-corrected chi connectivity index (χ0v) is 16.4. The fourth-order valence-electron chi connectivity index (χ4n) is 7.84. The van der Waals surface area contributed by atoms with Crippen molar-refractivity contribution in [1.82, 2.24) is 0 Å². The number of rotatable bonds is 3. The lowest BCUT2D eigenvalue weighted by atomic mass is 9.59. The first kappa shape index (κ1) is 18.6. The zero-order chi connectivity index (χ0) is 20.1. The molecule has 0 amide bonds. The number of ether oxygens (including phenoxy) is 3. The Bertz CT molecular complexity index is 779. The molecule has 154 valence electrons. The lowest BCUT2D eigenvalue weighted by molar-refractivity contribution is -0.172. The zero-order valence-electron chi connectivity index (χ0n) is 16.4. The van der Waals surface area contributed by atoms with Gasteiger partial charge in [0.2, 0.25) is 0 Å². The number of carbonyl (C=O) groups excluding carboxylic acids is 2. The predicted molar refractivity (Wildman–Crippen MR) is 95.6 cm³/mol. The molecular weight excluding hydrogens is 364 g/mol. The average Bonchev–Trinajstić information content (AvgIpc) is 3.07. The van der Waals surface area contributed by atoms with Crippen LogP contribution in [0.3, 0.4) is 0 Å². The molecule has 7 heteroatoms. The lowest BCUT2D eigenvalue weighted by Crippen LogP contribution is -2.53. The van der Waals surface area contributed by atoms with Gasteiger partial charge in [-0.3, -0.25) is 9.59 Å². The maximum absolute atomic E-state index is 13.3. The summed E-state index contributed by atoms with van der Waals surface area (Å²) in [6.45, 7) is 5.68. The summed E-state index contributed by atoms with van der Waals surface area (Å²) < 4.78 is 16.4. The summed E-state index contributed by atoms with van der Waals surface area (Å²) in [5.41, 5.74) is -2.73. The summed E-state index contributed by atoms with van der Waals surface area (Å²) in [7, 11) is 1.45. The number of aliphatic hydroxyl groups excluding tert-OH is 1. The van der Waals surface area contributed by atoms with Gasteiger partial charge >= 0.3 is 11.9 Å². The second kappa shape index (κ2) is 5.37. The summed E-state index contributed by atoms with van der Waals surface area (Å²) in [6.07, 6.45) is 2.31. The van der Waals surface area contributed by atoms with Crippen molar-refractivity contribution < 1.29 is 34.0 Å². The highest BCUT2D eigenvalue weighted by molar-refractivity contribution is 5.86. The molecule has 5 rings (SSSR count). The van der Waals surface area contributed by atoms with E-state index in [0.29, 0.717) is 38.5 Å². The summed E-state index contributed by atoms with van der Waals surface area (Å²) in [5, 5.41) is 21.9. The maximum atomic E-state index is 13.3. The third-order valence-electron chi connectivity index (χ3n) is 8.87. The van der Waals surface area contributed by atoms with Gasteiger partial charge in [0.25, 0.3) is 0 Å². The van der Waals surface area contributed by atoms with Crippen molar-refractivity contribution in [3.8, 4) is 0 Å². The van der Waals surface area contributed by atoms with E-state index < -0.39 is 51.9 Å². The first-order chi connectivity index (χ1) is 13.2. The second-order valence-corrected chi connectivity index (χ2v) is 9.82. The minimum atomic E-state index is -1.15. The molecule has 1 heterocycles. The molecule has 1 saturated heterocycles. The Morgan fingerprint density at radius 1 is 1.36 bits per heavy atom. The normalized spacial score (nSPS) is 53.6. The van der Waals surface area contributed by atoms with Crippen molar-refractivity contribution in [1.29, 1.82) is 0 Å². The summed E-state index contributed by atoms with van der Waals surface area (Å²) >= 11 is 0. The Kier molecular flexibility index (Phi) is 3.57. The van der Waals surface area contributed by atoms with Crippen LogP contribution in [0, 0.1) is 28.6 Å². The Balaban J connectivity index is 1.69. The van der Waals surface area contributed by atoms with Gasteiger partial charge in [-0.05, 0) is 56.4 Å². The molecule has 7 nitrogen and oxygen atoms in total. The van der Waals surface area contributed by atoms with E-state index in [1.165, 1.54) is 7.11 Å². The van der Waals surface area contributed by atoms with Crippen molar-refractivity contribution in [2.75, 3.05) is 13.9 Å². The SMILES string of the molecule is C=C1C[C@]23C[C@@]1(O)CC[C@H]2[C@@]12CC[C@@H](O)[C@@](C)(C(=O)O1)[C@H]2[C@@H]3C(=O)OCOC.